The van der Waals surface area contributed by atoms with E-state index in [-0.39, 0.29) is 56.3 Å². The Bertz CT molecular complexity index is 1210. The summed E-state index contributed by atoms with van der Waals surface area (Å²) >= 11 is 0. The Morgan fingerprint density at radius 1 is 0.767 bits per heavy atom. The third-order valence-corrected chi connectivity index (χ3v) is 7.72. The van der Waals surface area contributed by atoms with Gasteiger partial charge >= 0.3 is 18.6 Å². The number of halogens is 10. The lowest BCUT2D eigenvalue weighted by Crippen LogP contribution is -2.46. The summed E-state index contributed by atoms with van der Waals surface area (Å²) in [5.74, 6) is -7.89. The largest absolute Gasteiger partial charge is 0.573 e. The summed E-state index contributed by atoms with van der Waals surface area (Å²) in [6.45, 7) is 1.77. The van der Waals surface area contributed by atoms with Crippen LogP contribution in [0.25, 0.3) is 0 Å². The molecule has 1 aliphatic carbocycles. The standard InChI is InChI=1S/C29H30F10O4/c1-2-3-16-4-10-21(22(30)12-16)27(33,34)41-19-8-5-17(6-9-19)18-7-11-25(40-15-18)28(35,36)42-20-13-23(31)26(24(32)14-20)43-29(37,38)39/h4,10,12-14,17-19,25H,2-3,5-9,11,15H2,1H3. The Balaban J connectivity index is 1.27. The predicted molar refractivity (Wildman–Crippen MR) is 132 cm³/mol. The summed E-state index contributed by atoms with van der Waals surface area (Å²) in [6, 6.07) is 3.84. The van der Waals surface area contributed by atoms with E-state index in [0.29, 0.717) is 24.8 Å². The molecular weight excluding hydrogens is 602 g/mol. The molecule has 4 nitrogen and oxygen atoms in total. The van der Waals surface area contributed by atoms with Gasteiger partial charge in [-0.15, -0.1) is 13.2 Å². The van der Waals surface area contributed by atoms with Crippen molar-refractivity contribution in [1.82, 2.24) is 0 Å². The Labute approximate surface area is 241 Å². The third-order valence-electron chi connectivity index (χ3n) is 7.72. The van der Waals surface area contributed by atoms with Crippen LogP contribution in [-0.4, -0.2) is 31.3 Å². The maximum Gasteiger partial charge on any atom is 0.573 e. The van der Waals surface area contributed by atoms with E-state index in [9.17, 15) is 43.9 Å². The van der Waals surface area contributed by atoms with Crippen molar-refractivity contribution >= 4 is 0 Å². The Morgan fingerprint density at radius 2 is 1.40 bits per heavy atom. The van der Waals surface area contributed by atoms with Crippen molar-refractivity contribution in [1.29, 1.82) is 0 Å². The van der Waals surface area contributed by atoms with E-state index < -0.39 is 65.3 Å². The molecule has 240 valence electrons. The van der Waals surface area contributed by atoms with E-state index in [1.807, 2.05) is 6.92 Å². The van der Waals surface area contributed by atoms with E-state index in [0.717, 1.165) is 18.6 Å². The van der Waals surface area contributed by atoms with Crippen LogP contribution in [0.2, 0.25) is 0 Å². The molecule has 0 bridgehead atoms. The summed E-state index contributed by atoms with van der Waals surface area (Å²) in [5, 5.41) is 0. The normalized spacial score (nSPS) is 23.7. The van der Waals surface area contributed by atoms with Gasteiger partial charge in [0.1, 0.15) is 11.6 Å². The van der Waals surface area contributed by atoms with Crippen LogP contribution in [0.1, 0.15) is 63.0 Å². The van der Waals surface area contributed by atoms with E-state index in [1.165, 1.54) is 6.07 Å². The topological polar surface area (TPSA) is 36.9 Å². The maximum atomic E-state index is 14.8. The number of hydrogen-bond donors (Lipinski definition) is 0. The van der Waals surface area contributed by atoms with E-state index in [2.05, 4.69) is 9.47 Å². The first-order valence-corrected chi connectivity index (χ1v) is 13.9. The molecule has 1 aliphatic heterocycles. The molecule has 43 heavy (non-hydrogen) atoms. The highest BCUT2D eigenvalue weighted by Crippen LogP contribution is 2.42. The fourth-order valence-corrected chi connectivity index (χ4v) is 5.63. The highest BCUT2D eigenvalue weighted by atomic mass is 19.4. The number of hydrogen-bond acceptors (Lipinski definition) is 4. The van der Waals surface area contributed by atoms with Gasteiger partial charge in [-0.1, -0.05) is 19.4 Å². The van der Waals surface area contributed by atoms with Gasteiger partial charge in [-0.05, 0) is 74.5 Å². The second-order valence-electron chi connectivity index (χ2n) is 10.8. The van der Waals surface area contributed by atoms with Gasteiger partial charge in [0.05, 0.1) is 18.3 Å². The summed E-state index contributed by atoms with van der Waals surface area (Å²) in [4.78, 5) is 0. The summed E-state index contributed by atoms with van der Waals surface area (Å²) < 4.78 is 156. The van der Waals surface area contributed by atoms with Crippen LogP contribution in [0.5, 0.6) is 11.5 Å². The summed E-state index contributed by atoms with van der Waals surface area (Å²) in [6.07, 6.45) is -13.2. The van der Waals surface area contributed by atoms with Gasteiger partial charge in [-0.2, -0.15) is 17.6 Å². The zero-order valence-corrected chi connectivity index (χ0v) is 23.0. The van der Waals surface area contributed by atoms with Gasteiger partial charge < -0.3 is 18.9 Å². The summed E-state index contributed by atoms with van der Waals surface area (Å²) in [7, 11) is 0. The lowest BCUT2D eigenvalue weighted by atomic mass is 9.76. The summed E-state index contributed by atoms with van der Waals surface area (Å²) in [5.41, 5.74) is -0.224. The quantitative estimate of drug-likeness (QED) is 0.245. The molecule has 1 heterocycles. The first-order valence-electron chi connectivity index (χ1n) is 13.9. The molecule has 2 aromatic carbocycles. The van der Waals surface area contributed by atoms with Crippen LogP contribution in [-0.2, 0) is 22.0 Å². The minimum Gasteiger partial charge on any atom is -0.430 e. The molecule has 0 aromatic heterocycles. The highest BCUT2D eigenvalue weighted by molar-refractivity contribution is 5.35. The second kappa shape index (κ2) is 13.1. The second-order valence-corrected chi connectivity index (χ2v) is 10.8. The zero-order chi connectivity index (χ0) is 31.6. The molecule has 2 aromatic rings. The highest BCUT2D eigenvalue weighted by Gasteiger charge is 2.47. The van der Waals surface area contributed by atoms with Crippen LogP contribution in [0.4, 0.5) is 43.9 Å². The molecule has 4 rings (SSSR count). The number of aryl methyl sites for hydroxylation is 1. The number of benzene rings is 2. The van der Waals surface area contributed by atoms with Gasteiger partial charge in [0, 0.05) is 12.1 Å². The molecule has 2 aliphatic rings. The average molecular weight is 633 g/mol. The lowest BCUT2D eigenvalue weighted by Gasteiger charge is -2.39. The Hall–Kier alpha value is -2.74. The van der Waals surface area contributed by atoms with Crippen LogP contribution in [0, 0.1) is 29.3 Å². The van der Waals surface area contributed by atoms with Gasteiger partial charge in [-0.25, -0.2) is 13.2 Å². The Kier molecular flexibility index (Phi) is 10.1. The van der Waals surface area contributed by atoms with Crippen molar-refractivity contribution in [3.05, 3.63) is 58.9 Å². The van der Waals surface area contributed by atoms with Crippen LogP contribution in [0.3, 0.4) is 0 Å². The van der Waals surface area contributed by atoms with Crippen molar-refractivity contribution in [2.45, 2.75) is 89.1 Å². The monoisotopic (exact) mass is 632 g/mol. The van der Waals surface area contributed by atoms with Crippen LogP contribution >= 0.6 is 0 Å². The zero-order valence-electron chi connectivity index (χ0n) is 23.0. The molecule has 2 atom stereocenters. The van der Waals surface area contributed by atoms with Crippen molar-refractivity contribution in [3.63, 3.8) is 0 Å². The molecule has 1 saturated carbocycles. The molecule has 0 spiro atoms. The number of alkyl halides is 7. The first kappa shape index (κ1) is 33.2. The minimum atomic E-state index is -5.40. The van der Waals surface area contributed by atoms with Crippen molar-refractivity contribution < 1.29 is 62.9 Å². The number of ether oxygens (including phenoxy) is 4. The molecule has 0 N–H and O–H groups in total. The maximum absolute atomic E-state index is 14.8. The number of rotatable bonds is 10. The fourth-order valence-electron chi connectivity index (χ4n) is 5.63. The predicted octanol–water partition coefficient (Wildman–Crippen LogP) is 9.05. The van der Waals surface area contributed by atoms with E-state index in [1.54, 1.807) is 0 Å². The van der Waals surface area contributed by atoms with Crippen LogP contribution < -0.4 is 9.47 Å². The van der Waals surface area contributed by atoms with Gasteiger partial charge in [0.15, 0.2) is 17.7 Å². The smallest absolute Gasteiger partial charge is 0.430 e. The van der Waals surface area contributed by atoms with Crippen molar-refractivity contribution in [2.24, 2.45) is 11.8 Å². The van der Waals surface area contributed by atoms with Crippen molar-refractivity contribution in [3.8, 4) is 11.5 Å². The van der Waals surface area contributed by atoms with Crippen LogP contribution in [0.15, 0.2) is 30.3 Å². The van der Waals surface area contributed by atoms with Crippen molar-refractivity contribution in [2.75, 3.05) is 6.61 Å². The molecular formula is C29H30F10O4. The van der Waals surface area contributed by atoms with E-state index >= 15 is 0 Å². The Morgan fingerprint density at radius 3 is 1.93 bits per heavy atom. The van der Waals surface area contributed by atoms with E-state index in [4.69, 9.17) is 9.47 Å². The SMILES string of the molecule is CCCc1ccc(C(F)(F)OC2CCC(C3CCC(C(F)(F)Oc4cc(F)c(OC(F)(F)F)c(F)c4)OC3)CC2)c(F)c1. The van der Waals surface area contributed by atoms with Gasteiger partial charge in [0.2, 0.25) is 5.75 Å². The van der Waals surface area contributed by atoms with Gasteiger partial charge in [0.25, 0.3) is 0 Å². The molecule has 2 fully saturated rings. The third kappa shape index (κ3) is 8.46. The first-order chi connectivity index (χ1) is 20.1. The van der Waals surface area contributed by atoms with Gasteiger partial charge in [-0.3, -0.25) is 0 Å². The molecule has 1 saturated heterocycles. The molecule has 14 heteroatoms. The molecule has 2 unspecified atom stereocenters. The molecule has 0 radical (unpaired) electrons. The lowest BCUT2D eigenvalue weighted by molar-refractivity contribution is -0.281. The fraction of sp³-hybridized carbons (Fsp3) is 0.586. The average Bonchev–Trinajstić information content (AvgIpc) is 2.90. The molecule has 0 amide bonds. The minimum absolute atomic E-state index is 0.0293.